The summed E-state index contributed by atoms with van der Waals surface area (Å²) in [5, 5.41) is 2.60. The Morgan fingerprint density at radius 1 is 1.12 bits per heavy atom. The first-order valence-corrected chi connectivity index (χ1v) is 12.5. The molecular formula is C22H29F2N5O4S. The third-order valence-corrected chi connectivity index (χ3v) is 7.79. The third-order valence-electron chi connectivity index (χ3n) is 5.75. The molecule has 1 aromatic carbocycles. The molecule has 0 unspecified atom stereocenters. The minimum atomic E-state index is -3.65. The number of aromatic nitrogens is 2. The van der Waals surface area contributed by atoms with Crippen molar-refractivity contribution in [3.63, 3.8) is 0 Å². The number of piperazine rings is 1. The summed E-state index contributed by atoms with van der Waals surface area (Å²) < 4.78 is 53.8. The molecule has 3 rings (SSSR count). The lowest BCUT2D eigenvalue weighted by molar-refractivity contribution is -0.134. The van der Waals surface area contributed by atoms with Gasteiger partial charge in [-0.15, -0.1) is 0 Å². The second kappa shape index (κ2) is 11.0. The van der Waals surface area contributed by atoms with E-state index in [1.807, 2.05) is 13.0 Å². The van der Waals surface area contributed by atoms with E-state index in [4.69, 9.17) is 0 Å². The minimum absolute atomic E-state index is 0.0127. The van der Waals surface area contributed by atoms with Crippen molar-refractivity contribution in [1.82, 2.24) is 24.1 Å². The molecule has 2 heterocycles. The lowest BCUT2D eigenvalue weighted by atomic mass is 10.2. The van der Waals surface area contributed by atoms with Crippen LogP contribution in [0, 0.1) is 13.8 Å². The van der Waals surface area contributed by atoms with Crippen molar-refractivity contribution < 1.29 is 26.8 Å². The zero-order valence-electron chi connectivity index (χ0n) is 19.2. The van der Waals surface area contributed by atoms with Crippen molar-refractivity contribution in [2.75, 3.05) is 32.7 Å². The first-order chi connectivity index (χ1) is 16.1. The topological polar surface area (TPSA) is 105 Å². The molecule has 0 atom stereocenters. The molecule has 12 heteroatoms. The van der Waals surface area contributed by atoms with Crippen molar-refractivity contribution in [2.45, 2.75) is 44.6 Å². The van der Waals surface area contributed by atoms with Crippen LogP contribution in [0.25, 0.3) is 0 Å². The molecule has 1 saturated heterocycles. The molecule has 0 saturated carbocycles. The van der Waals surface area contributed by atoms with Crippen LogP contribution in [0.4, 0.5) is 8.78 Å². The summed E-state index contributed by atoms with van der Waals surface area (Å²) >= 11 is 0. The summed E-state index contributed by atoms with van der Waals surface area (Å²) in [4.78, 5) is 30.2. The second-order valence-corrected chi connectivity index (χ2v) is 10.1. The Labute approximate surface area is 197 Å². The minimum Gasteiger partial charge on any atom is -0.356 e. The van der Waals surface area contributed by atoms with Crippen LogP contribution in [0.2, 0.25) is 0 Å². The van der Waals surface area contributed by atoms with Gasteiger partial charge in [0.2, 0.25) is 21.8 Å². The number of halogens is 2. The predicted octanol–water partition coefficient (Wildman–Crippen LogP) is 1.87. The third kappa shape index (κ3) is 6.17. The van der Waals surface area contributed by atoms with Gasteiger partial charge in [-0.05, 0) is 31.0 Å². The highest BCUT2D eigenvalue weighted by molar-refractivity contribution is 7.89. The van der Waals surface area contributed by atoms with E-state index in [0.717, 1.165) is 10.1 Å². The van der Waals surface area contributed by atoms with Crippen molar-refractivity contribution in [3.8, 4) is 0 Å². The van der Waals surface area contributed by atoms with E-state index in [1.54, 1.807) is 24.0 Å². The van der Waals surface area contributed by atoms with Crippen LogP contribution in [0.1, 0.15) is 36.3 Å². The molecule has 9 nitrogen and oxygen atoms in total. The molecule has 1 N–H and O–H groups in total. The van der Waals surface area contributed by atoms with Crippen LogP contribution in [0.3, 0.4) is 0 Å². The lowest BCUT2D eigenvalue weighted by Crippen LogP contribution is -2.50. The van der Waals surface area contributed by atoms with Gasteiger partial charge in [-0.1, -0.05) is 12.1 Å². The first-order valence-electron chi connectivity index (χ1n) is 11.0. The number of nitrogens with one attached hydrogen (secondary N) is 1. The summed E-state index contributed by atoms with van der Waals surface area (Å²) in [7, 11) is -3.65. The van der Waals surface area contributed by atoms with Crippen LogP contribution in [0.5, 0.6) is 0 Å². The van der Waals surface area contributed by atoms with Gasteiger partial charge in [0.1, 0.15) is 5.82 Å². The number of hydrogen-bond acceptors (Lipinski definition) is 5. The molecule has 2 aromatic rings. The molecule has 0 bridgehead atoms. The number of carbonyl (C=O) groups excluding carboxylic acids is 2. The average molecular weight is 498 g/mol. The molecule has 1 aliphatic heterocycles. The maximum absolute atomic E-state index is 13.0. The number of benzene rings is 1. The molecule has 186 valence electrons. The lowest BCUT2D eigenvalue weighted by Gasteiger charge is -2.34. The Hall–Kier alpha value is -2.86. The van der Waals surface area contributed by atoms with Gasteiger partial charge in [-0.25, -0.2) is 13.4 Å². The van der Waals surface area contributed by atoms with Gasteiger partial charge in [-0.3, -0.25) is 14.2 Å². The summed E-state index contributed by atoms with van der Waals surface area (Å²) in [5.41, 5.74) is 1.53. The van der Waals surface area contributed by atoms with Crippen molar-refractivity contribution in [3.05, 3.63) is 47.5 Å². The normalized spacial score (nSPS) is 15.0. The zero-order valence-corrected chi connectivity index (χ0v) is 20.0. The van der Waals surface area contributed by atoms with Crippen molar-refractivity contribution >= 4 is 21.8 Å². The SMILES string of the molecule is Cc1ccc(C)c(S(=O)(=O)N2CCN(C(=O)CCC(=O)NCCc3nccn3C(F)F)CC2)c1. The maximum Gasteiger partial charge on any atom is 0.319 e. The van der Waals surface area contributed by atoms with E-state index in [-0.39, 0.29) is 74.5 Å². The second-order valence-electron chi connectivity index (χ2n) is 8.18. The summed E-state index contributed by atoms with van der Waals surface area (Å²) in [6.07, 6.45) is 2.54. The quantitative estimate of drug-likeness (QED) is 0.570. The number of nitrogens with zero attached hydrogens (tertiary/aromatic N) is 4. The van der Waals surface area contributed by atoms with Crippen LogP contribution in [-0.2, 0) is 26.0 Å². The van der Waals surface area contributed by atoms with Crippen LogP contribution in [-0.4, -0.2) is 71.7 Å². The fourth-order valence-corrected chi connectivity index (χ4v) is 5.53. The Morgan fingerprint density at radius 3 is 2.50 bits per heavy atom. The Bertz CT molecular complexity index is 1130. The van der Waals surface area contributed by atoms with Gasteiger partial charge in [-0.2, -0.15) is 13.1 Å². The molecule has 0 aliphatic carbocycles. The highest BCUT2D eigenvalue weighted by Gasteiger charge is 2.31. The van der Waals surface area contributed by atoms with E-state index < -0.39 is 16.6 Å². The number of amides is 2. The van der Waals surface area contributed by atoms with Gasteiger partial charge in [0.25, 0.3) is 0 Å². The number of sulfonamides is 1. The Morgan fingerprint density at radius 2 is 1.82 bits per heavy atom. The summed E-state index contributed by atoms with van der Waals surface area (Å²) in [6.45, 7) is 1.90. The van der Waals surface area contributed by atoms with Crippen LogP contribution in [0.15, 0.2) is 35.5 Å². The average Bonchev–Trinajstić information content (AvgIpc) is 3.28. The largest absolute Gasteiger partial charge is 0.356 e. The number of alkyl halides is 2. The number of carbonyl (C=O) groups is 2. The van der Waals surface area contributed by atoms with E-state index in [9.17, 15) is 26.8 Å². The number of hydrogen-bond donors (Lipinski definition) is 1. The molecule has 1 aromatic heterocycles. The van der Waals surface area contributed by atoms with E-state index >= 15 is 0 Å². The molecule has 0 spiro atoms. The van der Waals surface area contributed by atoms with Gasteiger partial charge in [0, 0.05) is 64.4 Å². The number of aryl methyl sites for hydroxylation is 2. The smallest absolute Gasteiger partial charge is 0.319 e. The van der Waals surface area contributed by atoms with Crippen LogP contribution >= 0.6 is 0 Å². The van der Waals surface area contributed by atoms with E-state index in [1.165, 1.54) is 16.7 Å². The summed E-state index contributed by atoms with van der Waals surface area (Å²) in [6, 6.07) is 5.29. The predicted molar refractivity (Wildman–Crippen MR) is 121 cm³/mol. The molecule has 1 fully saturated rings. The highest BCUT2D eigenvalue weighted by Crippen LogP contribution is 2.22. The Kier molecular flexibility index (Phi) is 8.37. The van der Waals surface area contributed by atoms with Gasteiger partial charge in [0.05, 0.1) is 4.90 Å². The molecule has 0 radical (unpaired) electrons. The highest BCUT2D eigenvalue weighted by atomic mass is 32.2. The van der Waals surface area contributed by atoms with Gasteiger partial charge >= 0.3 is 6.55 Å². The monoisotopic (exact) mass is 497 g/mol. The molecule has 34 heavy (non-hydrogen) atoms. The zero-order chi connectivity index (χ0) is 24.9. The first kappa shape index (κ1) is 25.8. The standard InChI is InChI=1S/C22H29F2N5O4S/c1-16-3-4-17(2)18(15-16)34(32,33)28-13-11-27(12-14-28)21(31)6-5-20(30)26-8-7-19-25-9-10-29(19)22(23)24/h3-4,9-10,15,22H,5-8,11-14H2,1-2H3,(H,26,30). The fourth-order valence-electron chi connectivity index (χ4n) is 3.80. The molecule has 2 amide bonds. The molecular weight excluding hydrogens is 468 g/mol. The molecule has 1 aliphatic rings. The van der Waals surface area contributed by atoms with Gasteiger partial charge in [0.15, 0.2) is 0 Å². The van der Waals surface area contributed by atoms with Gasteiger partial charge < -0.3 is 10.2 Å². The Balaban J connectivity index is 1.42. The van der Waals surface area contributed by atoms with E-state index in [2.05, 4.69) is 10.3 Å². The number of imidazole rings is 1. The fraction of sp³-hybridized carbons (Fsp3) is 0.500. The van der Waals surface area contributed by atoms with Crippen LogP contribution < -0.4 is 5.32 Å². The number of rotatable bonds is 9. The van der Waals surface area contributed by atoms with Crippen molar-refractivity contribution in [1.29, 1.82) is 0 Å². The summed E-state index contributed by atoms with van der Waals surface area (Å²) in [5.74, 6) is -0.424. The maximum atomic E-state index is 13.0. The van der Waals surface area contributed by atoms with E-state index in [0.29, 0.717) is 5.56 Å². The van der Waals surface area contributed by atoms with Crippen molar-refractivity contribution in [2.24, 2.45) is 0 Å².